The minimum atomic E-state index is -0.132. The zero-order chi connectivity index (χ0) is 15.5. The first-order chi connectivity index (χ1) is 10.6. The van der Waals surface area contributed by atoms with E-state index in [9.17, 15) is 4.79 Å². The molecule has 122 valence electrons. The third-order valence-corrected chi connectivity index (χ3v) is 4.81. The molecule has 2 fully saturated rings. The van der Waals surface area contributed by atoms with Crippen molar-refractivity contribution in [1.29, 1.82) is 0 Å². The maximum Gasteiger partial charge on any atom is 0.318 e. The molecule has 2 aliphatic heterocycles. The molecule has 7 heteroatoms. The molecule has 0 aliphatic carbocycles. The molecule has 1 aromatic rings. The Balaban J connectivity index is 1.56. The number of piperidine rings is 1. The van der Waals surface area contributed by atoms with Gasteiger partial charge in [0, 0.05) is 26.2 Å². The summed E-state index contributed by atoms with van der Waals surface area (Å²) in [6, 6.07) is 0.415. The second kappa shape index (κ2) is 6.64. The van der Waals surface area contributed by atoms with Gasteiger partial charge in [-0.25, -0.2) is 4.79 Å². The molecule has 2 atom stereocenters. The van der Waals surface area contributed by atoms with Crippen LogP contribution >= 0.6 is 0 Å². The van der Waals surface area contributed by atoms with Gasteiger partial charge >= 0.3 is 6.03 Å². The Kier molecular flexibility index (Phi) is 4.61. The molecule has 2 aliphatic rings. The molecule has 1 aromatic heterocycles. The van der Waals surface area contributed by atoms with Gasteiger partial charge in [-0.15, -0.1) is 10.2 Å². The van der Waals surface area contributed by atoms with Crippen LogP contribution in [0.5, 0.6) is 0 Å². The summed E-state index contributed by atoms with van der Waals surface area (Å²) in [6.45, 7) is 6.02. The van der Waals surface area contributed by atoms with E-state index >= 15 is 0 Å². The smallest absolute Gasteiger partial charge is 0.318 e. The number of nitrogens with zero attached hydrogens (tertiary/aromatic N) is 5. The van der Waals surface area contributed by atoms with Crippen LogP contribution in [0.25, 0.3) is 0 Å². The van der Waals surface area contributed by atoms with Crippen LogP contribution in [-0.4, -0.2) is 62.8 Å². The van der Waals surface area contributed by atoms with Crippen molar-refractivity contribution in [3.8, 4) is 0 Å². The Morgan fingerprint density at radius 3 is 2.77 bits per heavy atom. The van der Waals surface area contributed by atoms with Gasteiger partial charge in [0.1, 0.15) is 6.33 Å². The number of hydrogen-bond donors (Lipinski definition) is 1. The molecule has 22 heavy (non-hydrogen) atoms. The highest BCUT2D eigenvalue weighted by Crippen LogP contribution is 2.21. The van der Waals surface area contributed by atoms with E-state index in [1.54, 1.807) is 6.33 Å². The van der Waals surface area contributed by atoms with Gasteiger partial charge in [-0.1, -0.05) is 0 Å². The van der Waals surface area contributed by atoms with Gasteiger partial charge < -0.3 is 14.8 Å². The minimum Gasteiger partial charge on any atom is -0.328 e. The molecule has 0 radical (unpaired) electrons. The summed E-state index contributed by atoms with van der Waals surface area (Å²) in [5.41, 5.74) is 0. The van der Waals surface area contributed by atoms with Gasteiger partial charge in [-0.2, -0.15) is 0 Å². The molecule has 2 amide bonds. The predicted molar refractivity (Wildman–Crippen MR) is 83.4 cm³/mol. The monoisotopic (exact) mass is 306 g/mol. The number of amides is 2. The normalized spacial score (nSPS) is 24.5. The zero-order valence-electron chi connectivity index (χ0n) is 13.5. The number of likely N-dealkylation sites (tertiary alicyclic amines) is 2. The van der Waals surface area contributed by atoms with E-state index in [0.29, 0.717) is 6.04 Å². The lowest BCUT2D eigenvalue weighted by atomic mass is 10.0. The van der Waals surface area contributed by atoms with Crippen LogP contribution in [0.2, 0.25) is 0 Å². The Morgan fingerprint density at radius 2 is 2.09 bits per heavy atom. The Hall–Kier alpha value is -1.63. The van der Waals surface area contributed by atoms with Crippen LogP contribution in [0.4, 0.5) is 4.79 Å². The molecule has 0 bridgehead atoms. The lowest BCUT2D eigenvalue weighted by Gasteiger charge is -2.37. The van der Waals surface area contributed by atoms with Crippen molar-refractivity contribution in [2.24, 2.45) is 7.05 Å². The highest BCUT2D eigenvalue weighted by molar-refractivity contribution is 5.74. The molecule has 2 saturated heterocycles. The van der Waals surface area contributed by atoms with Gasteiger partial charge in [0.25, 0.3) is 0 Å². The van der Waals surface area contributed by atoms with Crippen LogP contribution in [0.3, 0.4) is 0 Å². The molecule has 0 spiro atoms. The molecular formula is C15H26N6O. The van der Waals surface area contributed by atoms with Crippen LogP contribution < -0.4 is 5.32 Å². The zero-order valence-corrected chi connectivity index (χ0v) is 13.5. The summed E-state index contributed by atoms with van der Waals surface area (Å²) < 4.78 is 1.84. The fourth-order valence-electron chi connectivity index (χ4n) is 3.57. The Morgan fingerprint density at radius 1 is 1.32 bits per heavy atom. The van der Waals surface area contributed by atoms with E-state index in [2.05, 4.69) is 20.4 Å². The number of rotatable bonds is 3. The van der Waals surface area contributed by atoms with Crippen molar-refractivity contribution in [3.63, 3.8) is 0 Å². The summed E-state index contributed by atoms with van der Waals surface area (Å²) >= 11 is 0. The highest BCUT2D eigenvalue weighted by atomic mass is 16.2. The lowest BCUT2D eigenvalue weighted by molar-refractivity contribution is 0.123. The lowest BCUT2D eigenvalue weighted by Crippen LogP contribution is -2.52. The molecule has 0 aromatic carbocycles. The van der Waals surface area contributed by atoms with Crippen LogP contribution in [0, 0.1) is 0 Å². The molecule has 0 saturated carbocycles. The van der Waals surface area contributed by atoms with Crippen molar-refractivity contribution in [2.75, 3.05) is 26.2 Å². The Bertz CT molecular complexity index is 510. The summed E-state index contributed by atoms with van der Waals surface area (Å²) in [6.07, 6.45) is 6.55. The van der Waals surface area contributed by atoms with Crippen molar-refractivity contribution in [3.05, 3.63) is 12.2 Å². The van der Waals surface area contributed by atoms with E-state index in [4.69, 9.17) is 0 Å². The van der Waals surface area contributed by atoms with Crippen molar-refractivity contribution >= 4 is 6.03 Å². The number of hydrogen-bond acceptors (Lipinski definition) is 4. The maximum atomic E-state index is 12.5. The number of urea groups is 1. The number of carbonyl (C=O) groups excluding carboxylic acids is 1. The van der Waals surface area contributed by atoms with E-state index in [1.807, 2.05) is 23.4 Å². The number of aryl methyl sites for hydroxylation is 1. The second-order valence-electron chi connectivity index (χ2n) is 6.46. The largest absolute Gasteiger partial charge is 0.328 e. The van der Waals surface area contributed by atoms with Gasteiger partial charge in [0.15, 0.2) is 5.82 Å². The third kappa shape index (κ3) is 3.24. The SMILES string of the molecule is CC(NC(=O)N1CCCC(N2CCCC2)C1)c1nncn1C. The first-order valence-electron chi connectivity index (χ1n) is 8.28. The van der Waals surface area contributed by atoms with E-state index in [-0.39, 0.29) is 12.1 Å². The molecular weight excluding hydrogens is 280 g/mol. The van der Waals surface area contributed by atoms with Gasteiger partial charge in [0.2, 0.25) is 0 Å². The topological polar surface area (TPSA) is 66.3 Å². The molecule has 3 rings (SSSR count). The maximum absolute atomic E-state index is 12.5. The quantitative estimate of drug-likeness (QED) is 0.909. The van der Waals surface area contributed by atoms with Crippen molar-refractivity contribution in [1.82, 2.24) is 29.9 Å². The molecule has 2 unspecified atom stereocenters. The average molecular weight is 306 g/mol. The van der Waals surface area contributed by atoms with Crippen LogP contribution in [-0.2, 0) is 7.05 Å². The summed E-state index contributed by atoms with van der Waals surface area (Å²) in [7, 11) is 1.89. The van der Waals surface area contributed by atoms with E-state index in [1.165, 1.54) is 32.4 Å². The number of nitrogens with one attached hydrogen (secondary N) is 1. The summed E-state index contributed by atoms with van der Waals surface area (Å²) in [4.78, 5) is 17.0. The van der Waals surface area contributed by atoms with Gasteiger partial charge in [-0.3, -0.25) is 4.90 Å². The summed E-state index contributed by atoms with van der Waals surface area (Å²) in [5.74, 6) is 0.779. The van der Waals surface area contributed by atoms with Gasteiger partial charge in [-0.05, 0) is 45.7 Å². The molecule has 1 N–H and O–H groups in total. The fourth-order valence-corrected chi connectivity index (χ4v) is 3.57. The minimum absolute atomic E-state index is 0.0133. The fraction of sp³-hybridized carbons (Fsp3) is 0.800. The third-order valence-electron chi connectivity index (χ3n) is 4.81. The first-order valence-corrected chi connectivity index (χ1v) is 8.28. The van der Waals surface area contributed by atoms with E-state index < -0.39 is 0 Å². The van der Waals surface area contributed by atoms with Crippen LogP contribution in [0.15, 0.2) is 6.33 Å². The number of carbonyl (C=O) groups is 1. The molecule has 3 heterocycles. The average Bonchev–Trinajstić information content (AvgIpc) is 3.18. The van der Waals surface area contributed by atoms with Crippen molar-refractivity contribution in [2.45, 2.75) is 44.7 Å². The highest BCUT2D eigenvalue weighted by Gasteiger charge is 2.30. The van der Waals surface area contributed by atoms with Crippen LogP contribution in [0.1, 0.15) is 44.5 Å². The Labute approximate surface area is 131 Å². The standard InChI is InChI=1S/C15H26N6O/c1-12(14-18-16-11-19(14)2)17-15(22)21-9-5-6-13(10-21)20-7-3-4-8-20/h11-13H,3-10H2,1-2H3,(H,17,22). The van der Waals surface area contributed by atoms with Gasteiger partial charge in [0.05, 0.1) is 6.04 Å². The molecule has 7 nitrogen and oxygen atoms in total. The van der Waals surface area contributed by atoms with Crippen molar-refractivity contribution < 1.29 is 4.79 Å². The predicted octanol–water partition coefficient (Wildman–Crippen LogP) is 1.15. The number of aromatic nitrogens is 3. The first kappa shape index (κ1) is 15.3. The summed E-state index contributed by atoms with van der Waals surface area (Å²) in [5, 5.41) is 11.0. The van der Waals surface area contributed by atoms with E-state index in [0.717, 1.165) is 25.3 Å². The second-order valence-corrected chi connectivity index (χ2v) is 6.46.